The van der Waals surface area contributed by atoms with Crippen molar-refractivity contribution in [3.8, 4) is 5.75 Å². The highest BCUT2D eigenvalue weighted by molar-refractivity contribution is 5.96. The van der Waals surface area contributed by atoms with Crippen molar-refractivity contribution in [3.63, 3.8) is 0 Å². The maximum atomic E-state index is 11.8. The number of carbonyl (C=O) groups excluding carboxylic acids is 2. The van der Waals surface area contributed by atoms with Gasteiger partial charge < -0.3 is 20.7 Å². The molecular weight excluding hydrogens is 306 g/mol. The predicted octanol–water partition coefficient (Wildman–Crippen LogP) is 3.23. The molecular formula is C18H21N3O3. The fourth-order valence-electron chi connectivity index (χ4n) is 1.95. The number of rotatable bonds is 6. The summed E-state index contributed by atoms with van der Waals surface area (Å²) in [5.74, 6) is 0.430. The third-order valence-electron chi connectivity index (χ3n) is 2.95. The number of hydrogen-bond donors (Lipinski definition) is 3. The van der Waals surface area contributed by atoms with E-state index in [1.165, 1.54) is 0 Å². The van der Waals surface area contributed by atoms with Crippen LogP contribution in [0.15, 0.2) is 54.6 Å². The van der Waals surface area contributed by atoms with Crippen LogP contribution < -0.4 is 20.7 Å². The molecule has 6 nitrogen and oxygen atoms in total. The number of amides is 3. The molecule has 0 heterocycles. The standard InChI is InChI=1S/C18H21N3O3/c1-13(2)24-16-10-8-15(9-11-16)20-17(22)12-19-18(23)21-14-6-4-3-5-7-14/h3-11,13H,12H2,1-2H3,(H,20,22)(H2,19,21,23). The molecule has 2 aromatic rings. The Morgan fingerprint density at radius 2 is 1.54 bits per heavy atom. The summed E-state index contributed by atoms with van der Waals surface area (Å²) in [6.45, 7) is 3.77. The summed E-state index contributed by atoms with van der Waals surface area (Å²) in [6, 6.07) is 15.6. The zero-order chi connectivity index (χ0) is 17.4. The Morgan fingerprint density at radius 1 is 0.917 bits per heavy atom. The topological polar surface area (TPSA) is 79.5 Å². The molecule has 0 saturated heterocycles. The van der Waals surface area contributed by atoms with Crippen LogP contribution in [0, 0.1) is 0 Å². The quantitative estimate of drug-likeness (QED) is 0.762. The molecule has 0 aliphatic carbocycles. The molecule has 0 spiro atoms. The fraction of sp³-hybridized carbons (Fsp3) is 0.222. The van der Waals surface area contributed by atoms with Gasteiger partial charge in [-0.1, -0.05) is 18.2 Å². The Kier molecular flexibility index (Phi) is 6.19. The molecule has 6 heteroatoms. The smallest absolute Gasteiger partial charge is 0.319 e. The van der Waals surface area contributed by atoms with Gasteiger partial charge in [-0.3, -0.25) is 4.79 Å². The van der Waals surface area contributed by atoms with Crippen molar-refractivity contribution in [2.75, 3.05) is 17.2 Å². The first-order valence-corrected chi connectivity index (χ1v) is 7.69. The van der Waals surface area contributed by atoms with Gasteiger partial charge in [0.1, 0.15) is 5.75 Å². The number of urea groups is 1. The van der Waals surface area contributed by atoms with Crippen LogP contribution in [0.4, 0.5) is 16.2 Å². The molecule has 0 aromatic heterocycles. The highest BCUT2D eigenvalue weighted by atomic mass is 16.5. The van der Waals surface area contributed by atoms with Crippen LogP contribution in [0.3, 0.4) is 0 Å². The van der Waals surface area contributed by atoms with Crippen LogP contribution in [0.25, 0.3) is 0 Å². The number of nitrogens with one attached hydrogen (secondary N) is 3. The second-order valence-electron chi connectivity index (χ2n) is 5.41. The number of ether oxygens (including phenoxy) is 1. The van der Waals surface area contributed by atoms with Gasteiger partial charge in [-0.2, -0.15) is 0 Å². The Balaban J connectivity index is 1.75. The Hall–Kier alpha value is -3.02. The normalized spacial score (nSPS) is 10.1. The monoisotopic (exact) mass is 327 g/mol. The van der Waals surface area contributed by atoms with Gasteiger partial charge in [0.25, 0.3) is 0 Å². The van der Waals surface area contributed by atoms with Crippen molar-refractivity contribution in [2.24, 2.45) is 0 Å². The van der Waals surface area contributed by atoms with Gasteiger partial charge in [0, 0.05) is 11.4 Å². The van der Waals surface area contributed by atoms with Crippen molar-refractivity contribution in [3.05, 3.63) is 54.6 Å². The molecule has 126 valence electrons. The summed E-state index contributed by atoms with van der Waals surface area (Å²) in [4.78, 5) is 23.5. The number of benzene rings is 2. The first kappa shape index (κ1) is 17.3. The largest absolute Gasteiger partial charge is 0.491 e. The predicted molar refractivity (Wildman–Crippen MR) is 94.3 cm³/mol. The summed E-state index contributed by atoms with van der Waals surface area (Å²) in [7, 11) is 0. The number of anilines is 2. The third-order valence-corrected chi connectivity index (χ3v) is 2.95. The van der Waals surface area contributed by atoms with E-state index < -0.39 is 6.03 Å². The van der Waals surface area contributed by atoms with E-state index in [1.54, 1.807) is 36.4 Å². The maximum absolute atomic E-state index is 11.8. The molecule has 2 aromatic carbocycles. The van der Waals surface area contributed by atoms with E-state index in [0.717, 1.165) is 5.75 Å². The number of carbonyl (C=O) groups is 2. The second-order valence-corrected chi connectivity index (χ2v) is 5.41. The van der Waals surface area contributed by atoms with Gasteiger partial charge in [0.05, 0.1) is 12.6 Å². The highest BCUT2D eigenvalue weighted by Crippen LogP contribution is 2.16. The summed E-state index contributed by atoms with van der Waals surface area (Å²) in [5.41, 5.74) is 1.30. The molecule has 0 aliphatic rings. The van der Waals surface area contributed by atoms with Gasteiger partial charge >= 0.3 is 6.03 Å². The van der Waals surface area contributed by atoms with Crippen molar-refractivity contribution in [2.45, 2.75) is 20.0 Å². The molecule has 3 N–H and O–H groups in total. The van der Waals surface area contributed by atoms with E-state index in [9.17, 15) is 9.59 Å². The lowest BCUT2D eigenvalue weighted by molar-refractivity contribution is -0.115. The Morgan fingerprint density at radius 3 is 2.17 bits per heavy atom. The molecule has 3 amide bonds. The highest BCUT2D eigenvalue weighted by Gasteiger charge is 2.06. The third kappa shape index (κ3) is 6.00. The van der Waals surface area contributed by atoms with Crippen molar-refractivity contribution >= 4 is 23.3 Å². The van der Waals surface area contributed by atoms with Crippen molar-refractivity contribution < 1.29 is 14.3 Å². The molecule has 24 heavy (non-hydrogen) atoms. The van der Waals surface area contributed by atoms with Crippen LogP contribution in [0.5, 0.6) is 5.75 Å². The number of hydrogen-bond acceptors (Lipinski definition) is 3. The van der Waals surface area contributed by atoms with Gasteiger partial charge in [0.15, 0.2) is 0 Å². The maximum Gasteiger partial charge on any atom is 0.319 e. The van der Waals surface area contributed by atoms with Gasteiger partial charge in [-0.25, -0.2) is 4.79 Å². The summed E-state index contributed by atoms with van der Waals surface area (Å²) in [6.07, 6.45) is 0.0952. The first-order valence-electron chi connectivity index (χ1n) is 7.69. The van der Waals surface area contributed by atoms with E-state index in [4.69, 9.17) is 4.74 Å². The lowest BCUT2D eigenvalue weighted by Gasteiger charge is -2.11. The van der Waals surface area contributed by atoms with Crippen molar-refractivity contribution in [1.29, 1.82) is 0 Å². The molecule has 0 radical (unpaired) electrons. The van der Waals surface area contributed by atoms with E-state index >= 15 is 0 Å². The first-order chi connectivity index (χ1) is 11.5. The molecule has 2 rings (SSSR count). The molecule has 0 bridgehead atoms. The molecule has 0 saturated carbocycles. The van der Waals surface area contributed by atoms with Gasteiger partial charge in [-0.05, 0) is 50.2 Å². The van der Waals surface area contributed by atoms with Gasteiger partial charge in [-0.15, -0.1) is 0 Å². The van der Waals surface area contributed by atoms with E-state index in [1.807, 2.05) is 32.0 Å². The van der Waals surface area contributed by atoms with E-state index in [0.29, 0.717) is 11.4 Å². The summed E-state index contributed by atoms with van der Waals surface area (Å²) < 4.78 is 5.53. The lowest BCUT2D eigenvalue weighted by atomic mass is 10.3. The van der Waals surface area contributed by atoms with Crippen molar-refractivity contribution in [1.82, 2.24) is 5.32 Å². The van der Waals surface area contributed by atoms with E-state index in [2.05, 4.69) is 16.0 Å². The molecule has 0 atom stereocenters. The van der Waals surface area contributed by atoms with Crippen LogP contribution in [-0.2, 0) is 4.79 Å². The minimum Gasteiger partial charge on any atom is -0.491 e. The Bertz CT molecular complexity index is 670. The average Bonchev–Trinajstić information content (AvgIpc) is 2.55. The number of para-hydroxylation sites is 1. The van der Waals surface area contributed by atoms with Crippen LogP contribution >= 0.6 is 0 Å². The van der Waals surface area contributed by atoms with Crippen LogP contribution in [-0.4, -0.2) is 24.6 Å². The summed E-state index contributed by atoms with van der Waals surface area (Å²) >= 11 is 0. The van der Waals surface area contributed by atoms with Crippen LogP contribution in [0.2, 0.25) is 0 Å². The zero-order valence-corrected chi connectivity index (χ0v) is 13.7. The molecule has 0 unspecified atom stereocenters. The average molecular weight is 327 g/mol. The van der Waals surface area contributed by atoms with Gasteiger partial charge in [0.2, 0.25) is 5.91 Å². The zero-order valence-electron chi connectivity index (χ0n) is 13.7. The summed E-state index contributed by atoms with van der Waals surface area (Å²) in [5, 5.41) is 7.85. The minimum absolute atomic E-state index is 0.0952. The van der Waals surface area contributed by atoms with E-state index in [-0.39, 0.29) is 18.6 Å². The second kappa shape index (κ2) is 8.57. The fourth-order valence-corrected chi connectivity index (χ4v) is 1.95. The Labute approximate surface area is 141 Å². The minimum atomic E-state index is -0.433. The lowest BCUT2D eigenvalue weighted by Crippen LogP contribution is -2.35. The molecule has 0 aliphatic heterocycles. The molecule has 0 fully saturated rings. The van der Waals surface area contributed by atoms with Crippen LogP contribution in [0.1, 0.15) is 13.8 Å². The SMILES string of the molecule is CC(C)Oc1ccc(NC(=O)CNC(=O)Nc2ccccc2)cc1.